The second kappa shape index (κ2) is 8.28. The number of halogens is 1. The summed E-state index contributed by atoms with van der Waals surface area (Å²) in [6, 6.07) is 8.19. The highest BCUT2D eigenvalue weighted by atomic mass is 35.5. The van der Waals surface area contributed by atoms with Gasteiger partial charge in [0.25, 0.3) is 0 Å². The molecule has 1 amide bonds. The Morgan fingerprint density at radius 2 is 2.00 bits per heavy atom. The van der Waals surface area contributed by atoms with E-state index in [2.05, 4.69) is 18.3 Å². The van der Waals surface area contributed by atoms with Gasteiger partial charge in [0.15, 0.2) is 0 Å². The Kier molecular flexibility index (Phi) is 7.03. The zero-order chi connectivity index (χ0) is 13.7. The predicted molar refractivity (Wildman–Crippen MR) is 86.2 cm³/mol. The molecule has 0 heterocycles. The van der Waals surface area contributed by atoms with Crippen molar-refractivity contribution in [3.63, 3.8) is 0 Å². The van der Waals surface area contributed by atoms with Crippen molar-refractivity contribution in [3.05, 3.63) is 29.8 Å². The number of anilines is 1. The number of nitrogens with two attached hydrogens (primary N) is 1. The molecule has 1 aliphatic rings. The van der Waals surface area contributed by atoms with E-state index in [4.69, 9.17) is 5.73 Å². The molecule has 1 aliphatic carbocycles. The van der Waals surface area contributed by atoms with Gasteiger partial charge in [-0.25, -0.2) is 0 Å². The van der Waals surface area contributed by atoms with Gasteiger partial charge < -0.3 is 11.1 Å². The van der Waals surface area contributed by atoms with Crippen LogP contribution in [0.3, 0.4) is 0 Å². The molecule has 1 aromatic rings. The maximum atomic E-state index is 12.1. The van der Waals surface area contributed by atoms with Crippen molar-refractivity contribution in [2.24, 2.45) is 11.7 Å². The largest absolute Gasteiger partial charge is 0.327 e. The Balaban J connectivity index is 0.00000200. The van der Waals surface area contributed by atoms with E-state index in [1.807, 2.05) is 18.2 Å². The van der Waals surface area contributed by atoms with E-state index in [0.29, 0.717) is 12.3 Å². The first-order chi connectivity index (χ1) is 9.20. The molecule has 0 aliphatic heterocycles. The van der Waals surface area contributed by atoms with Crippen LogP contribution in [-0.4, -0.2) is 11.9 Å². The second-order valence-corrected chi connectivity index (χ2v) is 5.47. The van der Waals surface area contributed by atoms with Crippen LogP contribution in [0.5, 0.6) is 0 Å². The van der Waals surface area contributed by atoms with Gasteiger partial charge in [-0.2, -0.15) is 0 Å². The monoisotopic (exact) mass is 296 g/mol. The number of carbonyl (C=O) groups is 1. The molecule has 0 radical (unpaired) electrons. The van der Waals surface area contributed by atoms with Crippen molar-refractivity contribution in [1.29, 1.82) is 0 Å². The van der Waals surface area contributed by atoms with Crippen molar-refractivity contribution in [2.75, 3.05) is 5.32 Å². The molecular weight excluding hydrogens is 272 g/mol. The molecule has 2 unspecified atom stereocenters. The van der Waals surface area contributed by atoms with E-state index in [9.17, 15) is 4.79 Å². The fraction of sp³-hybridized carbons (Fsp3) is 0.562. The molecule has 2 atom stereocenters. The van der Waals surface area contributed by atoms with E-state index in [1.165, 1.54) is 18.4 Å². The summed E-state index contributed by atoms with van der Waals surface area (Å²) in [5, 5.41) is 3.03. The van der Waals surface area contributed by atoms with E-state index in [-0.39, 0.29) is 24.4 Å². The third-order valence-electron chi connectivity index (χ3n) is 4.09. The van der Waals surface area contributed by atoms with Gasteiger partial charge in [0.2, 0.25) is 5.91 Å². The number of rotatable bonds is 4. The number of hydrogen-bond donors (Lipinski definition) is 2. The van der Waals surface area contributed by atoms with Crippen LogP contribution in [0.15, 0.2) is 24.3 Å². The Morgan fingerprint density at radius 1 is 1.30 bits per heavy atom. The normalized spacial score (nSPS) is 21.9. The van der Waals surface area contributed by atoms with E-state index in [0.717, 1.165) is 24.9 Å². The summed E-state index contributed by atoms with van der Waals surface area (Å²) >= 11 is 0. The second-order valence-electron chi connectivity index (χ2n) is 5.47. The van der Waals surface area contributed by atoms with Crippen molar-refractivity contribution in [1.82, 2.24) is 0 Å². The fourth-order valence-corrected chi connectivity index (χ4v) is 2.88. The average molecular weight is 297 g/mol. The Morgan fingerprint density at radius 3 is 2.70 bits per heavy atom. The molecule has 0 aromatic heterocycles. The first-order valence-electron chi connectivity index (χ1n) is 7.34. The molecule has 4 heteroatoms. The smallest absolute Gasteiger partial charge is 0.224 e. The predicted octanol–water partition coefficient (Wildman–Crippen LogP) is 3.52. The first-order valence-corrected chi connectivity index (χ1v) is 7.34. The number of nitrogens with one attached hydrogen (secondary N) is 1. The highest BCUT2D eigenvalue weighted by molar-refractivity contribution is 5.91. The molecule has 3 nitrogen and oxygen atoms in total. The standard InChI is InChI=1S/C16H24N2O.ClH/c1-2-12-7-4-6-10-15(12)18-16(19)11-13-8-3-5-9-14(13)17;/h4,6-7,10,13-14H,2-3,5,8-9,11,17H2,1H3,(H,18,19);1H. The summed E-state index contributed by atoms with van der Waals surface area (Å²) < 4.78 is 0. The maximum Gasteiger partial charge on any atom is 0.224 e. The minimum Gasteiger partial charge on any atom is -0.327 e. The molecule has 1 fully saturated rings. The molecule has 2 rings (SSSR count). The van der Waals surface area contributed by atoms with Crippen LogP contribution >= 0.6 is 12.4 Å². The lowest BCUT2D eigenvalue weighted by Gasteiger charge is -2.28. The van der Waals surface area contributed by atoms with Gasteiger partial charge in [-0.3, -0.25) is 4.79 Å². The van der Waals surface area contributed by atoms with E-state index >= 15 is 0 Å². The minimum atomic E-state index is 0. The molecule has 1 aromatic carbocycles. The summed E-state index contributed by atoms with van der Waals surface area (Å²) in [4.78, 5) is 12.1. The molecular formula is C16H25ClN2O. The number of amides is 1. The maximum absolute atomic E-state index is 12.1. The number of aryl methyl sites for hydroxylation is 1. The van der Waals surface area contributed by atoms with Gasteiger partial charge in [0.05, 0.1) is 0 Å². The van der Waals surface area contributed by atoms with Crippen molar-refractivity contribution in [3.8, 4) is 0 Å². The summed E-state index contributed by atoms with van der Waals surface area (Å²) in [7, 11) is 0. The topological polar surface area (TPSA) is 55.1 Å². The van der Waals surface area contributed by atoms with Gasteiger partial charge in [-0.15, -0.1) is 12.4 Å². The van der Waals surface area contributed by atoms with Crippen LogP contribution in [0.2, 0.25) is 0 Å². The van der Waals surface area contributed by atoms with Crippen LogP contribution in [0, 0.1) is 5.92 Å². The molecule has 1 saturated carbocycles. The number of para-hydroxylation sites is 1. The van der Waals surface area contributed by atoms with Crippen LogP contribution in [0.4, 0.5) is 5.69 Å². The average Bonchev–Trinajstić information content (AvgIpc) is 2.42. The first kappa shape index (κ1) is 17.0. The van der Waals surface area contributed by atoms with Gasteiger partial charge in [0.1, 0.15) is 0 Å². The fourth-order valence-electron chi connectivity index (χ4n) is 2.88. The van der Waals surface area contributed by atoms with Crippen molar-refractivity contribution >= 4 is 24.0 Å². The SMILES string of the molecule is CCc1ccccc1NC(=O)CC1CCCCC1N.Cl. The molecule has 0 bridgehead atoms. The highest BCUT2D eigenvalue weighted by Crippen LogP contribution is 2.26. The molecule has 3 N–H and O–H groups in total. The third-order valence-corrected chi connectivity index (χ3v) is 4.09. The zero-order valence-electron chi connectivity index (χ0n) is 12.1. The zero-order valence-corrected chi connectivity index (χ0v) is 12.9. The lowest BCUT2D eigenvalue weighted by Crippen LogP contribution is -2.35. The number of benzene rings is 1. The van der Waals surface area contributed by atoms with Gasteiger partial charge >= 0.3 is 0 Å². The van der Waals surface area contributed by atoms with Crippen LogP contribution in [-0.2, 0) is 11.2 Å². The van der Waals surface area contributed by atoms with Crippen LogP contribution in [0.1, 0.15) is 44.6 Å². The summed E-state index contributed by atoms with van der Waals surface area (Å²) in [5.41, 5.74) is 8.22. The number of hydrogen-bond acceptors (Lipinski definition) is 2. The van der Waals surface area contributed by atoms with E-state index < -0.39 is 0 Å². The lowest BCUT2D eigenvalue weighted by molar-refractivity contribution is -0.117. The summed E-state index contributed by atoms with van der Waals surface area (Å²) in [5.74, 6) is 0.450. The minimum absolute atomic E-state index is 0. The van der Waals surface area contributed by atoms with Gasteiger partial charge in [-0.1, -0.05) is 38.0 Å². The highest BCUT2D eigenvalue weighted by Gasteiger charge is 2.24. The van der Waals surface area contributed by atoms with Crippen molar-refractivity contribution < 1.29 is 4.79 Å². The summed E-state index contributed by atoms with van der Waals surface area (Å²) in [6.45, 7) is 2.10. The lowest BCUT2D eigenvalue weighted by atomic mass is 9.83. The molecule has 0 spiro atoms. The third kappa shape index (κ3) is 4.50. The van der Waals surface area contributed by atoms with Crippen LogP contribution in [0.25, 0.3) is 0 Å². The number of carbonyl (C=O) groups excluding carboxylic acids is 1. The van der Waals surface area contributed by atoms with Gasteiger partial charge in [-0.05, 0) is 36.8 Å². The Labute approximate surface area is 127 Å². The molecule has 0 saturated heterocycles. The van der Waals surface area contributed by atoms with Gasteiger partial charge in [0, 0.05) is 18.2 Å². The van der Waals surface area contributed by atoms with Crippen LogP contribution < -0.4 is 11.1 Å². The Hall–Kier alpha value is -1.06. The summed E-state index contributed by atoms with van der Waals surface area (Å²) in [6.07, 6.45) is 6.04. The molecule has 112 valence electrons. The van der Waals surface area contributed by atoms with E-state index in [1.54, 1.807) is 0 Å². The quantitative estimate of drug-likeness (QED) is 0.893. The Bertz CT molecular complexity index is 436. The van der Waals surface area contributed by atoms with Crippen molar-refractivity contribution in [2.45, 2.75) is 51.5 Å². The molecule has 20 heavy (non-hydrogen) atoms.